The van der Waals surface area contributed by atoms with E-state index in [0.29, 0.717) is 18.4 Å². The SMILES string of the molecule is CSC1CCC(NC(=O)CC2CNc3ccccc32)C1. The average molecular weight is 290 g/mol. The van der Waals surface area contributed by atoms with E-state index in [1.54, 1.807) is 0 Å². The number of thioether (sulfide) groups is 1. The fourth-order valence-electron chi connectivity index (χ4n) is 3.33. The average Bonchev–Trinajstić information content (AvgIpc) is 3.06. The predicted molar refractivity (Wildman–Crippen MR) is 85.4 cm³/mol. The summed E-state index contributed by atoms with van der Waals surface area (Å²) in [7, 11) is 0. The van der Waals surface area contributed by atoms with Crippen molar-refractivity contribution in [3.8, 4) is 0 Å². The zero-order valence-corrected chi connectivity index (χ0v) is 12.7. The van der Waals surface area contributed by atoms with Crippen molar-refractivity contribution in [3.05, 3.63) is 29.8 Å². The molecule has 4 heteroatoms. The van der Waals surface area contributed by atoms with Gasteiger partial charge in [0, 0.05) is 35.9 Å². The number of nitrogens with one attached hydrogen (secondary N) is 2. The van der Waals surface area contributed by atoms with E-state index in [1.807, 2.05) is 17.8 Å². The maximum Gasteiger partial charge on any atom is 0.220 e. The van der Waals surface area contributed by atoms with Gasteiger partial charge in [-0.15, -0.1) is 0 Å². The molecule has 1 aliphatic carbocycles. The van der Waals surface area contributed by atoms with Crippen LogP contribution in [0.25, 0.3) is 0 Å². The minimum Gasteiger partial charge on any atom is -0.384 e. The topological polar surface area (TPSA) is 41.1 Å². The van der Waals surface area contributed by atoms with E-state index >= 15 is 0 Å². The second-order valence-electron chi connectivity index (χ2n) is 5.80. The molecule has 0 saturated heterocycles. The van der Waals surface area contributed by atoms with Crippen LogP contribution < -0.4 is 10.6 Å². The largest absolute Gasteiger partial charge is 0.384 e. The van der Waals surface area contributed by atoms with Crippen molar-refractivity contribution in [2.75, 3.05) is 18.1 Å². The lowest BCUT2D eigenvalue weighted by Gasteiger charge is -2.15. The molecule has 1 amide bonds. The van der Waals surface area contributed by atoms with Gasteiger partial charge in [-0.05, 0) is 37.1 Å². The lowest BCUT2D eigenvalue weighted by molar-refractivity contribution is -0.122. The fourth-order valence-corrected chi connectivity index (χ4v) is 4.13. The van der Waals surface area contributed by atoms with Gasteiger partial charge in [0.1, 0.15) is 0 Å². The van der Waals surface area contributed by atoms with Gasteiger partial charge in [-0.1, -0.05) is 18.2 Å². The van der Waals surface area contributed by atoms with E-state index in [1.165, 1.54) is 17.7 Å². The zero-order chi connectivity index (χ0) is 13.9. The molecule has 108 valence electrons. The van der Waals surface area contributed by atoms with Crippen molar-refractivity contribution in [2.45, 2.75) is 42.9 Å². The molecule has 0 bridgehead atoms. The molecule has 0 aromatic heterocycles. The number of carbonyl (C=O) groups is 1. The monoisotopic (exact) mass is 290 g/mol. The summed E-state index contributed by atoms with van der Waals surface area (Å²) in [5.74, 6) is 0.532. The molecular formula is C16H22N2OS. The molecule has 0 radical (unpaired) electrons. The third-order valence-corrected chi connectivity index (χ3v) is 5.55. The first-order valence-corrected chi connectivity index (χ1v) is 8.70. The van der Waals surface area contributed by atoms with Gasteiger partial charge in [-0.3, -0.25) is 4.79 Å². The number of benzene rings is 1. The lowest BCUT2D eigenvalue weighted by Crippen LogP contribution is -2.34. The number of rotatable bonds is 4. The van der Waals surface area contributed by atoms with Crippen LogP contribution in [0.15, 0.2) is 24.3 Å². The Morgan fingerprint density at radius 3 is 3.05 bits per heavy atom. The maximum atomic E-state index is 12.2. The Morgan fingerprint density at radius 1 is 1.40 bits per heavy atom. The van der Waals surface area contributed by atoms with Crippen LogP contribution in [0, 0.1) is 0 Å². The van der Waals surface area contributed by atoms with Crippen molar-refractivity contribution in [1.29, 1.82) is 0 Å². The summed E-state index contributed by atoms with van der Waals surface area (Å²) in [5, 5.41) is 7.33. The zero-order valence-electron chi connectivity index (χ0n) is 11.9. The Labute approximate surface area is 124 Å². The Bertz CT molecular complexity index is 491. The summed E-state index contributed by atoms with van der Waals surface area (Å²) in [6, 6.07) is 8.70. The predicted octanol–water partition coefficient (Wildman–Crippen LogP) is 2.99. The van der Waals surface area contributed by atoms with Crippen molar-refractivity contribution < 1.29 is 4.79 Å². The highest BCUT2D eigenvalue weighted by atomic mass is 32.2. The lowest BCUT2D eigenvalue weighted by atomic mass is 9.97. The van der Waals surface area contributed by atoms with Crippen LogP contribution in [-0.4, -0.2) is 30.0 Å². The molecule has 3 atom stereocenters. The molecule has 2 N–H and O–H groups in total. The highest BCUT2D eigenvalue weighted by molar-refractivity contribution is 7.99. The number of hydrogen-bond acceptors (Lipinski definition) is 3. The first-order valence-electron chi connectivity index (χ1n) is 7.41. The van der Waals surface area contributed by atoms with E-state index < -0.39 is 0 Å². The molecule has 3 rings (SSSR count). The number of fused-ring (bicyclic) bond motifs is 1. The molecule has 1 heterocycles. The molecule has 1 aliphatic heterocycles. The van der Waals surface area contributed by atoms with Crippen LogP contribution in [0.3, 0.4) is 0 Å². The normalized spacial score (nSPS) is 27.9. The summed E-state index contributed by atoms with van der Waals surface area (Å²) < 4.78 is 0. The van der Waals surface area contributed by atoms with Crippen molar-refractivity contribution in [2.24, 2.45) is 0 Å². The van der Waals surface area contributed by atoms with Crippen molar-refractivity contribution >= 4 is 23.4 Å². The number of hydrogen-bond donors (Lipinski definition) is 2. The van der Waals surface area contributed by atoms with Crippen LogP contribution >= 0.6 is 11.8 Å². The standard InChI is InChI=1S/C16H22N2OS/c1-20-13-7-6-12(9-13)18-16(19)8-11-10-17-15-5-3-2-4-14(11)15/h2-5,11-13,17H,6-10H2,1H3,(H,18,19). The van der Waals surface area contributed by atoms with E-state index in [4.69, 9.17) is 0 Å². The van der Waals surface area contributed by atoms with Gasteiger partial charge in [0.05, 0.1) is 0 Å². The Kier molecular flexibility index (Phi) is 4.20. The Hall–Kier alpha value is -1.16. The fraction of sp³-hybridized carbons (Fsp3) is 0.562. The number of amides is 1. The molecule has 2 aliphatic rings. The maximum absolute atomic E-state index is 12.2. The first kappa shape index (κ1) is 13.8. The van der Waals surface area contributed by atoms with Crippen LogP contribution in [0.4, 0.5) is 5.69 Å². The van der Waals surface area contributed by atoms with E-state index in [9.17, 15) is 4.79 Å². The smallest absolute Gasteiger partial charge is 0.220 e. The van der Waals surface area contributed by atoms with Crippen LogP contribution in [0.1, 0.15) is 37.2 Å². The minimum absolute atomic E-state index is 0.209. The molecule has 0 spiro atoms. The molecular weight excluding hydrogens is 268 g/mol. The number of anilines is 1. The van der Waals surface area contributed by atoms with Crippen molar-refractivity contribution in [3.63, 3.8) is 0 Å². The van der Waals surface area contributed by atoms with E-state index in [-0.39, 0.29) is 5.91 Å². The van der Waals surface area contributed by atoms with E-state index in [0.717, 1.165) is 24.6 Å². The minimum atomic E-state index is 0.209. The Balaban J connectivity index is 1.53. The van der Waals surface area contributed by atoms with Gasteiger partial charge in [-0.2, -0.15) is 11.8 Å². The summed E-state index contributed by atoms with van der Waals surface area (Å²) in [6.07, 6.45) is 6.27. The molecule has 1 aromatic rings. The molecule has 1 fully saturated rings. The first-order chi connectivity index (χ1) is 9.76. The van der Waals surface area contributed by atoms with Crippen LogP contribution in [0.5, 0.6) is 0 Å². The third kappa shape index (κ3) is 2.95. The highest BCUT2D eigenvalue weighted by Crippen LogP contribution is 2.33. The van der Waals surface area contributed by atoms with Gasteiger partial charge in [0.25, 0.3) is 0 Å². The summed E-state index contributed by atoms with van der Waals surface area (Å²) in [4.78, 5) is 12.2. The number of para-hydroxylation sites is 1. The van der Waals surface area contributed by atoms with E-state index in [2.05, 4.69) is 35.1 Å². The second-order valence-corrected chi connectivity index (χ2v) is 6.94. The molecule has 3 unspecified atom stereocenters. The van der Waals surface area contributed by atoms with Gasteiger partial charge in [0.2, 0.25) is 5.91 Å². The summed E-state index contributed by atoms with van der Waals surface area (Å²) in [6.45, 7) is 0.880. The number of carbonyl (C=O) groups excluding carboxylic acids is 1. The van der Waals surface area contributed by atoms with Gasteiger partial charge >= 0.3 is 0 Å². The third-order valence-electron chi connectivity index (χ3n) is 4.45. The van der Waals surface area contributed by atoms with Gasteiger partial charge in [0.15, 0.2) is 0 Å². The van der Waals surface area contributed by atoms with Crippen LogP contribution in [-0.2, 0) is 4.79 Å². The molecule has 3 nitrogen and oxygen atoms in total. The summed E-state index contributed by atoms with van der Waals surface area (Å²) in [5.41, 5.74) is 2.48. The van der Waals surface area contributed by atoms with Gasteiger partial charge < -0.3 is 10.6 Å². The highest BCUT2D eigenvalue weighted by Gasteiger charge is 2.28. The van der Waals surface area contributed by atoms with Crippen LogP contribution in [0.2, 0.25) is 0 Å². The second kappa shape index (κ2) is 6.08. The summed E-state index contributed by atoms with van der Waals surface area (Å²) >= 11 is 1.93. The quantitative estimate of drug-likeness (QED) is 0.895. The van der Waals surface area contributed by atoms with Crippen molar-refractivity contribution in [1.82, 2.24) is 5.32 Å². The molecule has 1 aromatic carbocycles. The van der Waals surface area contributed by atoms with Gasteiger partial charge in [-0.25, -0.2) is 0 Å². The molecule has 1 saturated carbocycles. The Morgan fingerprint density at radius 2 is 2.25 bits per heavy atom. The molecule has 20 heavy (non-hydrogen) atoms.